The van der Waals surface area contributed by atoms with E-state index in [2.05, 4.69) is 4.98 Å². The van der Waals surface area contributed by atoms with Crippen molar-refractivity contribution in [1.29, 1.82) is 0 Å². The van der Waals surface area contributed by atoms with Crippen LogP contribution >= 0.6 is 11.3 Å². The van der Waals surface area contributed by atoms with Crippen molar-refractivity contribution in [1.82, 2.24) is 9.29 Å². The lowest BCUT2D eigenvalue weighted by Crippen LogP contribution is -2.33. The third-order valence-corrected chi connectivity index (χ3v) is 6.73. The molecular formula is C14H13FN2O4S2. The van der Waals surface area contributed by atoms with Gasteiger partial charge in [-0.3, -0.25) is 0 Å². The molecule has 1 fully saturated rings. The van der Waals surface area contributed by atoms with Crippen LogP contribution < -0.4 is 0 Å². The van der Waals surface area contributed by atoms with Crippen LogP contribution in [-0.2, 0) is 16.6 Å². The molecule has 0 bridgehead atoms. The van der Waals surface area contributed by atoms with Gasteiger partial charge in [0.2, 0.25) is 0 Å². The number of sulfonamides is 1. The third-order valence-electron chi connectivity index (χ3n) is 3.49. The van der Waals surface area contributed by atoms with Gasteiger partial charge >= 0.3 is 5.97 Å². The minimum Gasteiger partial charge on any atom is -0.476 e. The molecule has 1 aromatic carbocycles. The molecule has 1 N–H and O–H groups in total. The lowest BCUT2D eigenvalue weighted by molar-refractivity contribution is 0.0687. The summed E-state index contributed by atoms with van der Waals surface area (Å²) < 4.78 is 39.7. The normalized spacial score (nSPS) is 15.0. The van der Waals surface area contributed by atoms with E-state index < -0.39 is 27.5 Å². The van der Waals surface area contributed by atoms with Gasteiger partial charge in [-0.1, -0.05) is 12.1 Å². The molecule has 0 saturated heterocycles. The molecule has 0 unspecified atom stereocenters. The van der Waals surface area contributed by atoms with Gasteiger partial charge in [-0.15, -0.1) is 11.3 Å². The number of thiazole rings is 1. The molecule has 9 heteroatoms. The molecule has 0 amide bonds. The molecule has 3 rings (SSSR count). The van der Waals surface area contributed by atoms with E-state index in [1.54, 1.807) is 0 Å². The largest absolute Gasteiger partial charge is 0.476 e. The number of hydrogen-bond donors (Lipinski definition) is 1. The van der Waals surface area contributed by atoms with Crippen LogP contribution in [0.4, 0.5) is 4.39 Å². The van der Waals surface area contributed by atoms with Gasteiger partial charge < -0.3 is 5.11 Å². The monoisotopic (exact) mass is 356 g/mol. The summed E-state index contributed by atoms with van der Waals surface area (Å²) in [6, 6.07) is 5.41. The van der Waals surface area contributed by atoms with Crippen LogP contribution in [0.3, 0.4) is 0 Å². The number of benzene rings is 1. The first-order chi connectivity index (χ1) is 10.9. The number of rotatable bonds is 6. The van der Waals surface area contributed by atoms with Gasteiger partial charge in [0, 0.05) is 12.6 Å². The van der Waals surface area contributed by atoms with Crippen LogP contribution in [0.15, 0.2) is 34.0 Å². The van der Waals surface area contributed by atoms with Gasteiger partial charge in [-0.2, -0.15) is 4.31 Å². The average Bonchev–Trinajstić information content (AvgIpc) is 3.20. The van der Waals surface area contributed by atoms with Gasteiger partial charge in [0.25, 0.3) is 10.0 Å². The second kappa shape index (κ2) is 5.99. The van der Waals surface area contributed by atoms with Crippen LogP contribution in [0.5, 0.6) is 0 Å². The van der Waals surface area contributed by atoms with Crippen molar-refractivity contribution >= 4 is 27.3 Å². The quantitative estimate of drug-likeness (QED) is 0.858. The Bertz CT molecular complexity index is 829. The van der Waals surface area contributed by atoms with Crippen molar-refractivity contribution in [2.45, 2.75) is 29.6 Å². The molecular weight excluding hydrogens is 343 g/mol. The highest BCUT2D eigenvalue weighted by Gasteiger charge is 2.40. The van der Waals surface area contributed by atoms with Crippen LogP contribution in [-0.4, -0.2) is 34.8 Å². The number of carbonyl (C=O) groups is 1. The van der Waals surface area contributed by atoms with E-state index in [-0.39, 0.29) is 16.8 Å². The van der Waals surface area contributed by atoms with E-state index in [1.165, 1.54) is 34.1 Å². The Hall–Kier alpha value is -1.84. The molecule has 0 spiro atoms. The molecule has 1 heterocycles. The van der Waals surface area contributed by atoms with Crippen LogP contribution in [0.2, 0.25) is 0 Å². The Morgan fingerprint density at radius 1 is 1.35 bits per heavy atom. The Labute approximate surface area is 136 Å². The van der Waals surface area contributed by atoms with Gasteiger partial charge in [0.05, 0.1) is 5.51 Å². The lowest BCUT2D eigenvalue weighted by atomic mass is 10.2. The van der Waals surface area contributed by atoms with Crippen molar-refractivity contribution in [2.24, 2.45) is 0 Å². The summed E-state index contributed by atoms with van der Waals surface area (Å²) in [6.45, 7) is 0.0736. The molecule has 122 valence electrons. The fourth-order valence-corrected chi connectivity index (χ4v) is 5.14. The van der Waals surface area contributed by atoms with Gasteiger partial charge in [-0.25, -0.2) is 22.6 Å². The third kappa shape index (κ3) is 3.26. The van der Waals surface area contributed by atoms with Crippen LogP contribution in [0, 0.1) is 5.82 Å². The summed E-state index contributed by atoms with van der Waals surface area (Å²) in [5, 5.41) is 9.09. The van der Waals surface area contributed by atoms with E-state index in [0.29, 0.717) is 5.56 Å². The molecule has 2 aromatic rings. The number of carboxylic acid groups (broad SMARTS) is 1. The molecule has 0 atom stereocenters. The summed E-state index contributed by atoms with van der Waals surface area (Å²) in [7, 11) is -3.96. The summed E-state index contributed by atoms with van der Waals surface area (Å²) >= 11 is 0.790. The molecule has 23 heavy (non-hydrogen) atoms. The number of halogens is 1. The number of carboxylic acids is 1. The first kappa shape index (κ1) is 16.0. The molecule has 0 radical (unpaired) electrons. The average molecular weight is 356 g/mol. The summed E-state index contributed by atoms with van der Waals surface area (Å²) in [4.78, 5) is 14.8. The fraction of sp³-hybridized carbons (Fsp3) is 0.286. The maximum absolute atomic E-state index is 13.0. The Kier molecular flexibility index (Phi) is 4.17. The maximum Gasteiger partial charge on any atom is 0.356 e. The highest BCUT2D eigenvalue weighted by atomic mass is 32.2. The fourth-order valence-electron chi connectivity index (χ4n) is 2.21. The van der Waals surface area contributed by atoms with Crippen molar-refractivity contribution in [3.63, 3.8) is 0 Å². The van der Waals surface area contributed by atoms with Crippen molar-refractivity contribution < 1.29 is 22.7 Å². The van der Waals surface area contributed by atoms with E-state index >= 15 is 0 Å². The van der Waals surface area contributed by atoms with E-state index in [1.807, 2.05) is 0 Å². The highest BCUT2D eigenvalue weighted by molar-refractivity contribution is 7.91. The Morgan fingerprint density at radius 3 is 2.57 bits per heavy atom. The van der Waals surface area contributed by atoms with Gasteiger partial charge in [0.1, 0.15) is 5.82 Å². The predicted molar refractivity (Wildman–Crippen MR) is 81.2 cm³/mol. The first-order valence-electron chi connectivity index (χ1n) is 6.82. The van der Waals surface area contributed by atoms with Crippen LogP contribution in [0.25, 0.3) is 0 Å². The Balaban J connectivity index is 1.95. The molecule has 1 aliphatic carbocycles. The maximum atomic E-state index is 13.0. The van der Waals surface area contributed by atoms with Crippen molar-refractivity contribution in [3.05, 3.63) is 46.9 Å². The van der Waals surface area contributed by atoms with Gasteiger partial charge in [-0.05, 0) is 30.5 Å². The van der Waals surface area contributed by atoms with E-state index in [0.717, 1.165) is 24.2 Å². The number of aromatic nitrogens is 1. The minimum absolute atomic E-state index is 0.0736. The molecule has 6 nitrogen and oxygen atoms in total. The number of aromatic carboxylic acids is 1. The minimum atomic E-state index is -3.96. The topological polar surface area (TPSA) is 87.6 Å². The highest BCUT2D eigenvalue weighted by Crippen LogP contribution is 2.35. The zero-order valence-electron chi connectivity index (χ0n) is 11.8. The van der Waals surface area contributed by atoms with Crippen molar-refractivity contribution in [3.8, 4) is 0 Å². The summed E-state index contributed by atoms with van der Waals surface area (Å²) in [5.41, 5.74) is 1.39. The van der Waals surface area contributed by atoms with Crippen LogP contribution in [0.1, 0.15) is 28.9 Å². The lowest BCUT2D eigenvalue weighted by Gasteiger charge is -2.21. The number of hydrogen-bond acceptors (Lipinski definition) is 5. The van der Waals surface area contributed by atoms with E-state index in [9.17, 15) is 17.6 Å². The smallest absolute Gasteiger partial charge is 0.356 e. The second-order valence-corrected chi connectivity index (χ2v) is 8.14. The standard InChI is InChI=1S/C14H13FN2O4S2/c15-10-3-1-9(2-4-10)7-17(11-5-6-11)23(20,21)14-12(13(18)19)16-8-22-14/h1-4,8,11H,5-7H2,(H,18,19). The zero-order valence-corrected chi connectivity index (χ0v) is 13.5. The molecule has 1 saturated carbocycles. The number of nitrogens with zero attached hydrogens (tertiary/aromatic N) is 2. The predicted octanol–water partition coefficient (Wildman–Crippen LogP) is 2.33. The Morgan fingerprint density at radius 2 is 2.00 bits per heavy atom. The van der Waals surface area contributed by atoms with E-state index in [4.69, 9.17) is 5.11 Å². The zero-order chi connectivity index (χ0) is 16.6. The molecule has 1 aliphatic rings. The van der Waals surface area contributed by atoms with Gasteiger partial charge in [0.15, 0.2) is 9.90 Å². The summed E-state index contributed by atoms with van der Waals surface area (Å²) in [6.07, 6.45) is 1.45. The SMILES string of the molecule is O=C(O)c1ncsc1S(=O)(=O)N(Cc1ccc(F)cc1)C1CC1. The molecule has 0 aliphatic heterocycles. The molecule has 1 aromatic heterocycles. The second-order valence-electron chi connectivity index (χ2n) is 5.20. The summed E-state index contributed by atoms with van der Waals surface area (Å²) in [5.74, 6) is -1.77. The van der Waals surface area contributed by atoms with Crippen molar-refractivity contribution in [2.75, 3.05) is 0 Å². The first-order valence-corrected chi connectivity index (χ1v) is 9.14.